The molecule has 0 amide bonds. The lowest BCUT2D eigenvalue weighted by atomic mass is 9.76. The molecule has 5 rings (SSSR count). The Morgan fingerprint density at radius 2 is 1.56 bits per heavy atom. The normalized spacial score (nSPS) is 17.4. The van der Waals surface area contributed by atoms with Gasteiger partial charge in [-0.15, -0.1) is 0 Å². The van der Waals surface area contributed by atoms with Crippen LogP contribution in [0.1, 0.15) is 36.3 Å². The predicted molar refractivity (Wildman–Crippen MR) is 121 cm³/mol. The summed E-state index contributed by atoms with van der Waals surface area (Å²) in [4.78, 5) is 38.7. The molecule has 1 N–H and O–H groups in total. The Hall–Kier alpha value is -3.87. The third-order valence-electron chi connectivity index (χ3n) is 6.19. The van der Waals surface area contributed by atoms with Crippen LogP contribution >= 0.6 is 0 Å². The van der Waals surface area contributed by atoms with E-state index >= 15 is 0 Å². The van der Waals surface area contributed by atoms with Crippen molar-refractivity contribution in [3.8, 4) is 11.5 Å². The summed E-state index contributed by atoms with van der Waals surface area (Å²) in [7, 11) is 3.10. The van der Waals surface area contributed by atoms with Gasteiger partial charge in [0.05, 0.1) is 5.56 Å². The smallest absolute Gasteiger partial charge is 0.332 e. The minimum Gasteiger partial charge on any atom is -0.457 e. The highest BCUT2D eigenvalue weighted by Gasteiger charge is 2.38. The average Bonchev–Trinajstić information content (AvgIpc) is 2.81. The van der Waals surface area contributed by atoms with Crippen LogP contribution < -0.4 is 21.3 Å². The van der Waals surface area contributed by atoms with Crippen LogP contribution in [0, 0.1) is 0 Å². The highest BCUT2D eigenvalue weighted by Crippen LogP contribution is 2.43. The zero-order valence-electron chi connectivity index (χ0n) is 17.9. The number of nitrogens with one attached hydrogen (secondary N) is 1. The minimum absolute atomic E-state index is 0.0370. The van der Waals surface area contributed by atoms with Gasteiger partial charge in [-0.25, -0.2) is 4.79 Å². The quantitative estimate of drug-likeness (QED) is 0.690. The Kier molecular flexibility index (Phi) is 4.81. The lowest BCUT2D eigenvalue weighted by molar-refractivity contribution is -0.116. The summed E-state index contributed by atoms with van der Waals surface area (Å²) < 4.78 is 8.43. The fourth-order valence-corrected chi connectivity index (χ4v) is 4.58. The molecule has 2 heterocycles. The number of benzene rings is 2. The highest BCUT2D eigenvalue weighted by molar-refractivity contribution is 6.00. The van der Waals surface area contributed by atoms with Crippen molar-refractivity contribution in [1.82, 2.24) is 9.13 Å². The SMILES string of the molecule is Cn1c2c(c(=O)n(C)c1=O)C(c1ccc(Oc3ccccc3)cc1)C1=C(CCCC1=O)N2. The van der Waals surface area contributed by atoms with E-state index in [0.29, 0.717) is 35.5 Å². The van der Waals surface area contributed by atoms with Crippen LogP contribution in [0.4, 0.5) is 5.82 Å². The Morgan fingerprint density at radius 1 is 0.875 bits per heavy atom. The van der Waals surface area contributed by atoms with E-state index in [1.54, 1.807) is 7.05 Å². The first kappa shape index (κ1) is 20.1. The molecule has 1 atom stereocenters. The summed E-state index contributed by atoms with van der Waals surface area (Å²) in [6.45, 7) is 0. The van der Waals surface area contributed by atoms with Gasteiger partial charge in [0, 0.05) is 37.7 Å². The number of Topliss-reactive ketones (excluding diaryl/α,β-unsaturated/α-hetero) is 1. The van der Waals surface area contributed by atoms with Gasteiger partial charge in [0.2, 0.25) is 0 Å². The van der Waals surface area contributed by atoms with Crippen LogP contribution in [0.25, 0.3) is 0 Å². The second-order valence-electron chi connectivity index (χ2n) is 8.18. The molecular weight excluding hydrogens is 406 g/mol. The zero-order valence-corrected chi connectivity index (χ0v) is 17.9. The van der Waals surface area contributed by atoms with Crippen molar-refractivity contribution in [1.29, 1.82) is 0 Å². The number of carbonyl (C=O) groups excluding carboxylic acids is 1. The van der Waals surface area contributed by atoms with Gasteiger partial charge >= 0.3 is 5.69 Å². The van der Waals surface area contributed by atoms with Gasteiger partial charge in [-0.2, -0.15) is 0 Å². The molecule has 1 unspecified atom stereocenters. The number of hydrogen-bond donors (Lipinski definition) is 1. The van der Waals surface area contributed by atoms with Crippen molar-refractivity contribution in [2.75, 3.05) is 5.32 Å². The van der Waals surface area contributed by atoms with Gasteiger partial charge in [-0.3, -0.25) is 18.7 Å². The van der Waals surface area contributed by atoms with Crippen LogP contribution in [0.3, 0.4) is 0 Å². The molecule has 1 aliphatic heterocycles. The number of para-hydroxylation sites is 1. The second-order valence-corrected chi connectivity index (χ2v) is 8.18. The number of rotatable bonds is 3. The molecule has 32 heavy (non-hydrogen) atoms. The molecule has 3 aromatic rings. The van der Waals surface area contributed by atoms with E-state index in [2.05, 4.69) is 5.32 Å². The Bertz CT molecular complexity index is 1370. The first-order chi connectivity index (χ1) is 15.5. The van der Waals surface area contributed by atoms with E-state index in [1.165, 1.54) is 11.6 Å². The number of ketones is 1. The van der Waals surface area contributed by atoms with Gasteiger partial charge in [0.1, 0.15) is 17.3 Å². The number of fused-ring (bicyclic) bond motifs is 1. The molecule has 0 radical (unpaired) electrons. The first-order valence-electron chi connectivity index (χ1n) is 10.6. The molecule has 162 valence electrons. The van der Waals surface area contributed by atoms with E-state index in [1.807, 2.05) is 54.6 Å². The van der Waals surface area contributed by atoms with Crippen LogP contribution in [0.2, 0.25) is 0 Å². The highest BCUT2D eigenvalue weighted by atomic mass is 16.5. The summed E-state index contributed by atoms with van der Waals surface area (Å²) in [6.07, 6.45) is 1.90. The van der Waals surface area contributed by atoms with E-state index in [-0.39, 0.29) is 5.78 Å². The molecule has 7 heteroatoms. The summed E-state index contributed by atoms with van der Waals surface area (Å²) in [5.74, 6) is 1.34. The van der Waals surface area contributed by atoms with Crippen molar-refractivity contribution < 1.29 is 9.53 Å². The van der Waals surface area contributed by atoms with Crippen LogP contribution in [0.5, 0.6) is 11.5 Å². The summed E-state index contributed by atoms with van der Waals surface area (Å²) >= 11 is 0. The van der Waals surface area contributed by atoms with Crippen molar-refractivity contribution in [3.63, 3.8) is 0 Å². The number of aromatic nitrogens is 2. The molecule has 0 spiro atoms. The predicted octanol–water partition coefficient (Wildman–Crippen LogP) is 3.44. The molecule has 0 saturated heterocycles. The maximum absolute atomic E-state index is 13.2. The molecular formula is C25H23N3O4. The van der Waals surface area contributed by atoms with E-state index in [0.717, 1.165) is 28.0 Å². The summed E-state index contributed by atoms with van der Waals surface area (Å²) in [6, 6.07) is 16.9. The number of ether oxygens (including phenoxy) is 1. The third kappa shape index (κ3) is 3.17. The molecule has 0 fully saturated rings. The van der Waals surface area contributed by atoms with Gasteiger partial charge in [-0.1, -0.05) is 30.3 Å². The fraction of sp³-hybridized carbons (Fsp3) is 0.240. The van der Waals surface area contributed by atoms with Crippen LogP contribution in [-0.2, 0) is 18.9 Å². The van der Waals surface area contributed by atoms with Crippen molar-refractivity contribution in [3.05, 3.63) is 97.8 Å². The van der Waals surface area contributed by atoms with Crippen molar-refractivity contribution >= 4 is 11.6 Å². The van der Waals surface area contributed by atoms with Gasteiger partial charge in [-0.05, 0) is 42.7 Å². The van der Waals surface area contributed by atoms with Gasteiger partial charge in [0.25, 0.3) is 5.56 Å². The van der Waals surface area contributed by atoms with Gasteiger partial charge in [0.15, 0.2) is 5.78 Å². The molecule has 2 aromatic carbocycles. The van der Waals surface area contributed by atoms with Crippen molar-refractivity contribution in [2.24, 2.45) is 14.1 Å². The number of hydrogen-bond acceptors (Lipinski definition) is 5. The molecule has 0 bridgehead atoms. The summed E-state index contributed by atoms with van der Waals surface area (Å²) in [5, 5.41) is 3.23. The monoisotopic (exact) mass is 429 g/mol. The van der Waals surface area contributed by atoms with Crippen molar-refractivity contribution in [2.45, 2.75) is 25.2 Å². The van der Waals surface area contributed by atoms with E-state index in [4.69, 9.17) is 4.74 Å². The fourth-order valence-electron chi connectivity index (χ4n) is 4.58. The van der Waals surface area contributed by atoms with Gasteiger partial charge < -0.3 is 10.1 Å². The Morgan fingerprint density at radius 3 is 2.28 bits per heavy atom. The largest absolute Gasteiger partial charge is 0.457 e. The zero-order chi connectivity index (χ0) is 22.4. The topological polar surface area (TPSA) is 82.3 Å². The number of nitrogens with zero attached hydrogens (tertiary/aromatic N) is 2. The second kappa shape index (κ2) is 7.67. The third-order valence-corrected chi connectivity index (χ3v) is 6.19. The van der Waals surface area contributed by atoms with E-state index in [9.17, 15) is 14.4 Å². The molecule has 0 saturated carbocycles. The maximum Gasteiger partial charge on any atom is 0.332 e. The lowest BCUT2D eigenvalue weighted by Gasteiger charge is -2.34. The molecule has 7 nitrogen and oxygen atoms in total. The number of allylic oxidation sites excluding steroid dienone is 2. The number of carbonyl (C=O) groups is 1. The first-order valence-corrected chi connectivity index (χ1v) is 10.6. The van der Waals surface area contributed by atoms with E-state index < -0.39 is 17.2 Å². The standard InChI is InChI=1S/C25H23N3O4/c1-27-23-22(24(30)28(2)25(27)31)20(21-18(26-23)9-6-10-19(21)29)15-11-13-17(14-12-15)32-16-7-4-3-5-8-16/h3-5,7-8,11-14,20,26H,6,9-10H2,1-2H3. The minimum atomic E-state index is -0.537. The Labute approximate surface area is 184 Å². The maximum atomic E-state index is 13.2. The Balaban J connectivity index is 1.65. The molecule has 1 aliphatic carbocycles. The summed E-state index contributed by atoms with van der Waals surface area (Å²) in [5.41, 5.74) is 1.85. The van der Waals surface area contributed by atoms with Crippen LogP contribution in [0.15, 0.2) is 75.5 Å². The average molecular weight is 429 g/mol. The molecule has 2 aliphatic rings. The van der Waals surface area contributed by atoms with Crippen LogP contribution in [-0.4, -0.2) is 14.9 Å². The lowest BCUT2D eigenvalue weighted by Crippen LogP contribution is -2.44. The molecule has 1 aromatic heterocycles. The number of anilines is 1.